The number of rotatable bonds is 19. The van der Waals surface area contributed by atoms with Gasteiger partial charge in [0.25, 0.3) is 0 Å². The van der Waals surface area contributed by atoms with Gasteiger partial charge in [-0.25, -0.2) is 4.57 Å². The molecule has 0 aromatic carbocycles. The van der Waals surface area contributed by atoms with Crippen molar-refractivity contribution < 1.29 is 14.0 Å². The molecule has 7 heteroatoms. The molecule has 1 unspecified atom stereocenters. The lowest BCUT2D eigenvalue weighted by atomic mass is 10.1. The highest BCUT2D eigenvalue weighted by molar-refractivity contribution is 7.51. The van der Waals surface area contributed by atoms with Crippen molar-refractivity contribution in [1.82, 2.24) is 9.80 Å². The molecule has 0 spiro atoms. The molecule has 6 nitrogen and oxygen atoms in total. The summed E-state index contributed by atoms with van der Waals surface area (Å²) in [6.45, 7) is 11.6. The van der Waals surface area contributed by atoms with Crippen LogP contribution in [0.1, 0.15) is 130 Å². The molecule has 0 saturated carbocycles. The average Bonchev–Trinajstić information content (AvgIpc) is 3.11. The van der Waals surface area contributed by atoms with Crippen molar-refractivity contribution in [3.05, 3.63) is 0 Å². The van der Waals surface area contributed by atoms with Crippen LogP contribution in [0.5, 0.6) is 0 Å². The molecule has 0 radical (unpaired) electrons. The molecule has 198 valence electrons. The summed E-state index contributed by atoms with van der Waals surface area (Å²) in [5, 5.41) is 0. The summed E-state index contributed by atoms with van der Waals surface area (Å²) in [4.78, 5) is 14.3. The van der Waals surface area contributed by atoms with E-state index >= 15 is 0 Å². The van der Waals surface area contributed by atoms with Gasteiger partial charge in [-0.3, -0.25) is 4.52 Å². The molecule has 33 heavy (non-hydrogen) atoms. The van der Waals surface area contributed by atoms with E-state index in [9.17, 15) is 9.46 Å². The van der Waals surface area contributed by atoms with Crippen molar-refractivity contribution >= 4 is 13.7 Å². The Morgan fingerprint density at radius 3 is 1.76 bits per heavy atom. The van der Waals surface area contributed by atoms with E-state index in [0.29, 0.717) is 12.6 Å². The SMILES string of the molecule is CCC.CCCCCCCCCCCCN1CCN(C)C1=NP(=O)(O)OCCCCCCC. The molecule has 0 aromatic heterocycles. The Balaban J connectivity index is 0.00000322. The topological polar surface area (TPSA) is 65.4 Å². The number of hydrogen-bond acceptors (Lipinski definition) is 2. The van der Waals surface area contributed by atoms with Crippen LogP contribution in [0.4, 0.5) is 0 Å². The molecule has 1 aliphatic heterocycles. The first kappa shape index (κ1) is 32.4. The third kappa shape index (κ3) is 18.4. The quantitative estimate of drug-likeness (QED) is 0.147. The van der Waals surface area contributed by atoms with Gasteiger partial charge < -0.3 is 14.7 Å². The second kappa shape index (κ2) is 21.9. The van der Waals surface area contributed by atoms with Crippen LogP contribution < -0.4 is 0 Å². The first-order valence-corrected chi connectivity index (χ1v) is 15.5. The van der Waals surface area contributed by atoms with Crippen LogP contribution in [0.3, 0.4) is 0 Å². The summed E-state index contributed by atoms with van der Waals surface area (Å²) in [5.74, 6) is 0.614. The zero-order valence-electron chi connectivity index (χ0n) is 22.7. The van der Waals surface area contributed by atoms with Crippen molar-refractivity contribution in [2.75, 3.05) is 33.3 Å². The zero-order chi connectivity index (χ0) is 24.8. The summed E-state index contributed by atoms with van der Waals surface area (Å²) in [5.41, 5.74) is 0. The summed E-state index contributed by atoms with van der Waals surface area (Å²) < 4.78 is 21.8. The van der Waals surface area contributed by atoms with Gasteiger partial charge in [0, 0.05) is 26.7 Å². The number of unbranched alkanes of at least 4 members (excludes halogenated alkanes) is 13. The van der Waals surface area contributed by atoms with Crippen LogP contribution in [0.15, 0.2) is 4.76 Å². The first-order chi connectivity index (χ1) is 15.9. The second-order valence-electron chi connectivity index (χ2n) is 9.44. The minimum absolute atomic E-state index is 0.302. The van der Waals surface area contributed by atoms with Crippen molar-refractivity contribution in [3.63, 3.8) is 0 Å². The Kier molecular flexibility index (Phi) is 21.5. The molecule has 0 aliphatic carbocycles. The van der Waals surface area contributed by atoms with Crippen LogP contribution in [0.25, 0.3) is 0 Å². The molecular formula is C26H56N3O3P. The summed E-state index contributed by atoms with van der Waals surface area (Å²) in [6, 6.07) is 0. The maximum atomic E-state index is 12.4. The monoisotopic (exact) mass is 489 g/mol. The van der Waals surface area contributed by atoms with Gasteiger partial charge in [-0.1, -0.05) is 118 Å². The Labute approximate surface area is 206 Å². The summed E-state index contributed by atoms with van der Waals surface area (Å²) in [6.07, 6.45) is 19.8. The predicted molar refractivity (Wildman–Crippen MR) is 144 cm³/mol. The Morgan fingerprint density at radius 2 is 1.24 bits per heavy atom. The standard InChI is InChI=1S/C23H48N3O3P.C3H8/c1-4-6-8-10-11-12-13-14-15-17-19-26-21-20-25(3)23(26)24-30(27,28)29-22-18-16-9-7-5-2;1-3-2/h4-22H2,1-3H3,(H,27,28);3H2,1-2H3. The smallest absolute Gasteiger partial charge is 0.344 e. The van der Waals surface area contributed by atoms with Crippen molar-refractivity contribution in [1.29, 1.82) is 0 Å². The molecule has 1 saturated heterocycles. The number of likely N-dealkylation sites (N-methyl/N-ethyl adjacent to an activating group) is 1. The fraction of sp³-hybridized carbons (Fsp3) is 0.962. The van der Waals surface area contributed by atoms with Gasteiger partial charge in [0.15, 0.2) is 0 Å². The predicted octanol–water partition coefficient (Wildman–Crippen LogP) is 8.01. The van der Waals surface area contributed by atoms with E-state index < -0.39 is 7.75 Å². The second-order valence-corrected chi connectivity index (χ2v) is 10.9. The fourth-order valence-electron chi connectivity index (χ4n) is 3.88. The lowest BCUT2D eigenvalue weighted by molar-refractivity contribution is 0.253. The van der Waals surface area contributed by atoms with Crippen LogP contribution in [-0.4, -0.2) is 53.9 Å². The molecule has 1 rings (SSSR count). The van der Waals surface area contributed by atoms with E-state index in [1.165, 1.54) is 77.0 Å². The molecule has 0 aromatic rings. The van der Waals surface area contributed by atoms with E-state index in [-0.39, 0.29) is 0 Å². The number of hydrogen-bond donors (Lipinski definition) is 1. The van der Waals surface area contributed by atoms with Gasteiger partial charge in [-0.15, -0.1) is 4.76 Å². The minimum Gasteiger partial charge on any atom is -0.344 e. The maximum absolute atomic E-state index is 12.4. The third-order valence-corrected chi connectivity index (χ3v) is 6.78. The first-order valence-electron chi connectivity index (χ1n) is 13.9. The Hall–Kier alpha value is -0.580. The molecule has 1 aliphatic rings. The lowest BCUT2D eigenvalue weighted by Gasteiger charge is -2.21. The van der Waals surface area contributed by atoms with Crippen LogP contribution in [-0.2, 0) is 9.09 Å². The van der Waals surface area contributed by atoms with E-state index in [4.69, 9.17) is 4.52 Å². The zero-order valence-corrected chi connectivity index (χ0v) is 23.6. The third-order valence-electron chi connectivity index (χ3n) is 5.83. The van der Waals surface area contributed by atoms with E-state index in [1.54, 1.807) is 0 Å². The molecule has 0 bridgehead atoms. The minimum atomic E-state index is -3.93. The summed E-state index contributed by atoms with van der Waals surface area (Å²) >= 11 is 0. The lowest BCUT2D eigenvalue weighted by Crippen LogP contribution is -2.32. The fourth-order valence-corrected chi connectivity index (χ4v) is 4.81. The number of nitrogens with zero attached hydrogens (tertiary/aromatic N) is 3. The maximum Gasteiger partial charge on any atom is 0.454 e. The molecule has 1 heterocycles. The molecule has 0 amide bonds. The van der Waals surface area contributed by atoms with Gasteiger partial charge in [0.2, 0.25) is 5.96 Å². The Morgan fingerprint density at radius 1 is 0.788 bits per heavy atom. The highest BCUT2D eigenvalue weighted by Crippen LogP contribution is 2.44. The number of guanidine groups is 1. The van der Waals surface area contributed by atoms with Crippen LogP contribution in [0.2, 0.25) is 0 Å². The largest absolute Gasteiger partial charge is 0.454 e. The average molecular weight is 490 g/mol. The van der Waals surface area contributed by atoms with Gasteiger partial charge in [0.05, 0.1) is 6.61 Å². The van der Waals surface area contributed by atoms with E-state index in [1.807, 2.05) is 11.9 Å². The van der Waals surface area contributed by atoms with Crippen LogP contribution in [0, 0.1) is 0 Å². The molecule has 1 N–H and O–H groups in total. The van der Waals surface area contributed by atoms with E-state index in [2.05, 4.69) is 37.4 Å². The summed E-state index contributed by atoms with van der Waals surface area (Å²) in [7, 11) is -2.00. The van der Waals surface area contributed by atoms with Gasteiger partial charge in [-0.2, -0.15) is 0 Å². The highest BCUT2D eigenvalue weighted by Gasteiger charge is 2.28. The van der Waals surface area contributed by atoms with E-state index in [0.717, 1.165) is 45.3 Å². The highest BCUT2D eigenvalue weighted by atomic mass is 31.2. The normalized spacial score (nSPS) is 16.7. The van der Waals surface area contributed by atoms with Gasteiger partial charge >= 0.3 is 7.75 Å². The molecule has 1 fully saturated rings. The molecule has 1 atom stereocenters. The van der Waals surface area contributed by atoms with Crippen molar-refractivity contribution in [2.24, 2.45) is 4.76 Å². The van der Waals surface area contributed by atoms with Gasteiger partial charge in [-0.05, 0) is 12.8 Å². The van der Waals surface area contributed by atoms with Crippen molar-refractivity contribution in [3.8, 4) is 0 Å². The van der Waals surface area contributed by atoms with Crippen LogP contribution >= 0.6 is 7.75 Å². The Bertz CT molecular complexity index is 517. The van der Waals surface area contributed by atoms with Crippen molar-refractivity contribution in [2.45, 2.75) is 130 Å². The molecular weight excluding hydrogens is 433 g/mol. The van der Waals surface area contributed by atoms with Gasteiger partial charge in [0.1, 0.15) is 0 Å².